The van der Waals surface area contributed by atoms with Crippen LogP contribution in [0.15, 0.2) is 24.3 Å². The molecule has 2 aromatic rings. The number of rotatable bonds is 2. The van der Waals surface area contributed by atoms with Crippen LogP contribution in [-0.4, -0.2) is 38.0 Å². The fraction of sp³-hybridized carbons (Fsp3) is 0.308. The van der Waals surface area contributed by atoms with E-state index >= 15 is 0 Å². The van der Waals surface area contributed by atoms with Crippen LogP contribution in [0, 0.1) is 0 Å². The van der Waals surface area contributed by atoms with Gasteiger partial charge in [-0.3, -0.25) is 0 Å². The van der Waals surface area contributed by atoms with Crippen molar-refractivity contribution >= 4 is 34.6 Å². The standard InChI is InChI=1S/C13H14ClN5S/c14-9-3-5-10(6-4-9)19-12(15)11(16-17-19)13(20)18-7-1-2-8-18/h3-6H,1-2,7-8,15H2. The van der Waals surface area contributed by atoms with Crippen LogP contribution in [-0.2, 0) is 0 Å². The molecule has 0 spiro atoms. The molecule has 0 radical (unpaired) electrons. The molecule has 0 aliphatic carbocycles. The SMILES string of the molecule is Nc1c(C(=S)N2CCCC2)nnn1-c1ccc(Cl)cc1. The predicted molar refractivity (Wildman–Crippen MR) is 83.3 cm³/mol. The molecular formula is C13H14ClN5S. The van der Waals surface area contributed by atoms with Gasteiger partial charge in [0.15, 0.2) is 11.5 Å². The Labute approximate surface area is 127 Å². The highest BCUT2D eigenvalue weighted by atomic mass is 35.5. The zero-order valence-corrected chi connectivity index (χ0v) is 12.4. The van der Waals surface area contributed by atoms with Crippen molar-refractivity contribution in [2.24, 2.45) is 0 Å². The predicted octanol–water partition coefficient (Wildman–Crippen LogP) is 2.27. The van der Waals surface area contributed by atoms with Gasteiger partial charge in [-0.1, -0.05) is 29.0 Å². The first-order chi connectivity index (χ1) is 9.66. The van der Waals surface area contributed by atoms with Crippen LogP contribution in [0.4, 0.5) is 5.82 Å². The fourth-order valence-corrected chi connectivity index (χ4v) is 2.74. The van der Waals surface area contributed by atoms with E-state index in [-0.39, 0.29) is 0 Å². The van der Waals surface area contributed by atoms with E-state index in [1.807, 2.05) is 12.1 Å². The Balaban J connectivity index is 1.92. The van der Waals surface area contributed by atoms with Gasteiger partial charge in [-0.25, -0.2) is 0 Å². The third-order valence-electron chi connectivity index (χ3n) is 3.37. The van der Waals surface area contributed by atoms with E-state index in [0.29, 0.717) is 21.5 Å². The fourth-order valence-electron chi connectivity index (χ4n) is 2.28. The molecule has 2 N–H and O–H groups in total. The summed E-state index contributed by atoms with van der Waals surface area (Å²) in [6.45, 7) is 1.93. The molecule has 0 bridgehead atoms. The largest absolute Gasteiger partial charge is 0.382 e. The molecule has 1 aliphatic rings. The molecular weight excluding hydrogens is 294 g/mol. The van der Waals surface area contributed by atoms with Crippen molar-refractivity contribution in [2.75, 3.05) is 18.8 Å². The molecule has 7 heteroatoms. The lowest BCUT2D eigenvalue weighted by Gasteiger charge is -2.16. The molecule has 0 atom stereocenters. The van der Waals surface area contributed by atoms with E-state index in [1.54, 1.807) is 16.8 Å². The first-order valence-corrected chi connectivity index (χ1v) is 7.22. The molecule has 1 aromatic carbocycles. The molecule has 0 amide bonds. The summed E-state index contributed by atoms with van der Waals surface area (Å²) in [5.74, 6) is 0.462. The second kappa shape index (κ2) is 5.38. The van der Waals surface area contributed by atoms with E-state index in [0.717, 1.165) is 31.6 Å². The molecule has 0 unspecified atom stereocenters. The topological polar surface area (TPSA) is 60.0 Å². The molecule has 5 nitrogen and oxygen atoms in total. The van der Waals surface area contributed by atoms with E-state index in [9.17, 15) is 0 Å². The number of nitrogen functional groups attached to an aromatic ring is 1. The molecule has 1 fully saturated rings. The highest BCUT2D eigenvalue weighted by molar-refractivity contribution is 7.80. The van der Waals surface area contributed by atoms with Gasteiger partial charge in [-0.15, -0.1) is 5.10 Å². The minimum absolute atomic E-state index is 0.462. The minimum Gasteiger partial charge on any atom is -0.382 e. The number of halogens is 1. The first-order valence-electron chi connectivity index (χ1n) is 6.43. The number of anilines is 1. The summed E-state index contributed by atoms with van der Waals surface area (Å²) in [6.07, 6.45) is 2.32. The number of hydrogen-bond donors (Lipinski definition) is 1. The summed E-state index contributed by atoms with van der Waals surface area (Å²) < 4.78 is 1.58. The lowest BCUT2D eigenvalue weighted by molar-refractivity contribution is 0.529. The average molecular weight is 308 g/mol. The molecule has 3 rings (SSSR count). The van der Waals surface area contributed by atoms with Gasteiger partial charge in [-0.2, -0.15) is 4.68 Å². The Morgan fingerprint density at radius 2 is 1.85 bits per heavy atom. The van der Waals surface area contributed by atoms with Crippen molar-refractivity contribution in [1.82, 2.24) is 19.9 Å². The van der Waals surface area contributed by atoms with E-state index < -0.39 is 0 Å². The van der Waals surface area contributed by atoms with Gasteiger partial charge in [0.25, 0.3) is 0 Å². The second-order valence-corrected chi connectivity index (χ2v) is 5.53. The Morgan fingerprint density at radius 3 is 2.50 bits per heavy atom. The Bertz CT molecular complexity index is 631. The summed E-state index contributed by atoms with van der Waals surface area (Å²) >= 11 is 11.3. The molecule has 2 heterocycles. The maximum absolute atomic E-state index is 6.13. The minimum atomic E-state index is 0.462. The molecule has 104 valence electrons. The highest BCUT2D eigenvalue weighted by Gasteiger charge is 2.22. The lowest BCUT2D eigenvalue weighted by Crippen LogP contribution is -2.27. The van der Waals surface area contributed by atoms with E-state index in [2.05, 4.69) is 15.2 Å². The lowest BCUT2D eigenvalue weighted by atomic mass is 10.3. The number of thiocarbonyl (C=S) groups is 1. The number of likely N-dealkylation sites (tertiary alicyclic amines) is 1. The molecule has 0 saturated carbocycles. The van der Waals surface area contributed by atoms with Gasteiger partial charge in [0.2, 0.25) is 0 Å². The third-order valence-corrected chi connectivity index (χ3v) is 4.08. The maximum Gasteiger partial charge on any atom is 0.164 e. The number of nitrogens with zero attached hydrogens (tertiary/aromatic N) is 4. The Morgan fingerprint density at radius 1 is 1.20 bits per heavy atom. The van der Waals surface area contributed by atoms with Crippen molar-refractivity contribution in [3.63, 3.8) is 0 Å². The van der Waals surface area contributed by atoms with Gasteiger partial charge in [0.05, 0.1) is 5.69 Å². The first kappa shape index (κ1) is 13.3. The van der Waals surface area contributed by atoms with Crippen LogP contribution >= 0.6 is 23.8 Å². The van der Waals surface area contributed by atoms with E-state index in [1.165, 1.54) is 0 Å². The highest BCUT2D eigenvalue weighted by Crippen LogP contribution is 2.20. The summed E-state index contributed by atoms with van der Waals surface area (Å²) in [5.41, 5.74) is 7.53. The van der Waals surface area contributed by atoms with Crippen molar-refractivity contribution in [1.29, 1.82) is 0 Å². The Hall–Kier alpha value is -1.66. The normalized spacial score (nSPS) is 14.8. The van der Waals surface area contributed by atoms with Gasteiger partial charge in [0.1, 0.15) is 4.99 Å². The maximum atomic E-state index is 6.13. The zero-order chi connectivity index (χ0) is 14.1. The molecule has 1 saturated heterocycles. The van der Waals surface area contributed by atoms with Gasteiger partial charge < -0.3 is 10.6 Å². The number of benzene rings is 1. The molecule has 20 heavy (non-hydrogen) atoms. The van der Waals surface area contributed by atoms with Gasteiger partial charge >= 0.3 is 0 Å². The zero-order valence-electron chi connectivity index (χ0n) is 10.8. The van der Waals surface area contributed by atoms with Crippen molar-refractivity contribution in [3.8, 4) is 5.69 Å². The van der Waals surface area contributed by atoms with Crippen molar-refractivity contribution < 1.29 is 0 Å². The van der Waals surface area contributed by atoms with Gasteiger partial charge in [0, 0.05) is 18.1 Å². The number of aromatic nitrogens is 3. The van der Waals surface area contributed by atoms with Crippen LogP contribution < -0.4 is 5.73 Å². The van der Waals surface area contributed by atoms with Crippen molar-refractivity contribution in [2.45, 2.75) is 12.8 Å². The summed E-state index contributed by atoms with van der Waals surface area (Å²) in [4.78, 5) is 2.81. The third kappa shape index (κ3) is 2.36. The molecule has 1 aliphatic heterocycles. The van der Waals surface area contributed by atoms with E-state index in [4.69, 9.17) is 29.6 Å². The summed E-state index contributed by atoms with van der Waals surface area (Å²) in [5, 5.41) is 8.89. The molecule has 1 aromatic heterocycles. The van der Waals surface area contributed by atoms with Crippen LogP contribution in [0.25, 0.3) is 5.69 Å². The van der Waals surface area contributed by atoms with Crippen molar-refractivity contribution in [3.05, 3.63) is 35.0 Å². The summed E-state index contributed by atoms with van der Waals surface area (Å²) in [7, 11) is 0. The quantitative estimate of drug-likeness (QED) is 0.863. The van der Waals surface area contributed by atoms with Crippen LogP contribution in [0.1, 0.15) is 18.5 Å². The Kier molecular flexibility index (Phi) is 3.58. The van der Waals surface area contributed by atoms with Crippen LogP contribution in [0.3, 0.4) is 0 Å². The number of nitrogens with two attached hydrogens (primary N) is 1. The average Bonchev–Trinajstić information content (AvgIpc) is 3.09. The van der Waals surface area contributed by atoms with Crippen LogP contribution in [0.2, 0.25) is 5.02 Å². The number of hydrogen-bond acceptors (Lipinski definition) is 4. The van der Waals surface area contributed by atoms with Gasteiger partial charge in [-0.05, 0) is 37.1 Å². The monoisotopic (exact) mass is 307 g/mol. The smallest absolute Gasteiger partial charge is 0.164 e. The second-order valence-electron chi connectivity index (χ2n) is 4.71. The van der Waals surface area contributed by atoms with Crippen LogP contribution in [0.5, 0.6) is 0 Å². The summed E-state index contributed by atoms with van der Waals surface area (Å²) in [6, 6.07) is 7.26.